The van der Waals surface area contributed by atoms with Crippen LogP contribution in [-0.2, 0) is 11.3 Å². The van der Waals surface area contributed by atoms with Crippen LogP contribution in [0.2, 0.25) is 5.02 Å². The van der Waals surface area contributed by atoms with Gasteiger partial charge in [0, 0.05) is 18.1 Å². The molecular formula is C15H22ClN3O2. The number of urea groups is 1. The minimum absolute atomic E-state index is 0.131. The molecule has 0 aliphatic heterocycles. The van der Waals surface area contributed by atoms with Crippen LogP contribution in [-0.4, -0.2) is 37.0 Å². The maximum Gasteiger partial charge on any atom is 0.321 e. The van der Waals surface area contributed by atoms with Gasteiger partial charge in [-0.25, -0.2) is 4.79 Å². The molecule has 1 rings (SSSR count). The molecule has 6 heteroatoms. The summed E-state index contributed by atoms with van der Waals surface area (Å²) in [6.07, 6.45) is 1.89. The van der Waals surface area contributed by atoms with Crippen molar-refractivity contribution in [3.63, 3.8) is 0 Å². The van der Waals surface area contributed by atoms with Gasteiger partial charge in [0.05, 0.1) is 6.54 Å². The van der Waals surface area contributed by atoms with Crippen LogP contribution >= 0.6 is 11.6 Å². The summed E-state index contributed by atoms with van der Waals surface area (Å²) in [6.45, 7) is 3.29. The summed E-state index contributed by atoms with van der Waals surface area (Å²) in [5, 5.41) is 5.61. The van der Waals surface area contributed by atoms with Gasteiger partial charge < -0.3 is 5.32 Å². The average Bonchev–Trinajstić information content (AvgIpc) is 2.41. The third kappa shape index (κ3) is 7.11. The standard InChI is InChI=1S/C15H22ClN3O2/c1-3-4-9-17-15(21)18-14(20)11-19(2)10-12-7-5-6-8-13(12)16/h5-8H,3-4,9-11H2,1-2H3,(H2,17,18,20,21). The number of nitrogens with one attached hydrogen (secondary N) is 2. The topological polar surface area (TPSA) is 61.4 Å². The monoisotopic (exact) mass is 311 g/mol. The Hall–Kier alpha value is -1.59. The Kier molecular flexibility index (Phi) is 7.79. The number of nitrogens with zero attached hydrogens (tertiary/aromatic N) is 1. The predicted octanol–water partition coefficient (Wildman–Crippen LogP) is 2.40. The van der Waals surface area contributed by atoms with Crippen molar-refractivity contribution in [3.05, 3.63) is 34.9 Å². The van der Waals surface area contributed by atoms with Crippen LogP contribution in [0, 0.1) is 0 Å². The van der Waals surface area contributed by atoms with Gasteiger partial charge in [0.25, 0.3) is 0 Å². The fourth-order valence-electron chi connectivity index (χ4n) is 1.81. The smallest absolute Gasteiger partial charge is 0.321 e. The quantitative estimate of drug-likeness (QED) is 0.760. The third-order valence-corrected chi connectivity index (χ3v) is 3.25. The molecular weight excluding hydrogens is 290 g/mol. The lowest BCUT2D eigenvalue weighted by Crippen LogP contribution is -2.43. The van der Waals surface area contributed by atoms with E-state index in [1.165, 1.54) is 0 Å². The molecule has 0 aliphatic rings. The molecule has 21 heavy (non-hydrogen) atoms. The fourth-order valence-corrected chi connectivity index (χ4v) is 2.00. The predicted molar refractivity (Wildman–Crippen MR) is 84.2 cm³/mol. The van der Waals surface area contributed by atoms with Gasteiger partial charge in [-0.05, 0) is 25.1 Å². The Balaban J connectivity index is 2.34. The number of amides is 3. The van der Waals surface area contributed by atoms with Crippen LogP contribution in [0.3, 0.4) is 0 Å². The van der Waals surface area contributed by atoms with Gasteiger partial charge >= 0.3 is 6.03 Å². The number of hydrogen-bond acceptors (Lipinski definition) is 3. The number of rotatable bonds is 7. The second-order valence-corrected chi connectivity index (χ2v) is 5.33. The Morgan fingerprint density at radius 2 is 2.00 bits per heavy atom. The molecule has 0 spiro atoms. The van der Waals surface area contributed by atoms with Crippen molar-refractivity contribution in [1.82, 2.24) is 15.5 Å². The van der Waals surface area contributed by atoms with Crippen LogP contribution in [0.5, 0.6) is 0 Å². The molecule has 0 aromatic heterocycles. The van der Waals surface area contributed by atoms with Gasteiger partial charge in [-0.1, -0.05) is 43.1 Å². The Morgan fingerprint density at radius 3 is 2.67 bits per heavy atom. The normalized spacial score (nSPS) is 10.5. The van der Waals surface area contributed by atoms with Gasteiger partial charge in [-0.3, -0.25) is 15.0 Å². The SMILES string of the molecule is CCCCNC(=O)NC(=O)CN(C)Cc1ccccc1Cl. The van der Waals surface area contributed by atoms with Gasteiger partial charge in [0.1, 0.15) is 0 Å². The zero-order valence-corrected chi connectivity index (χ0v) is 13.2. The van der Waals surface area contributed by atoms with Gasteiger partial charge in [-0.15, -0.1) is 0 Å². The molecule has 2 N–H and O–H groups in total. The molecule has 0 bridgehead atoms. The summed E-state index contributed by atoms with van der Waals surface area (Å²) in [7, 11) is 1.80. The van der Waals surface area contributed by atoms with Crippen LogP contribution in [0.1, 0.15) is 25.3 Å². The maximum absolute atomic E-state index is 11.7. The highest BCUT2D eigenvalue weighted by Gasteiger charge is 2.11. The molecule has 3 amide bonds. The summed E-state index contributed by atoms with van der Waals surface area (Å²) in [5.41, 5.74) is 0.946. The molecule has 0 radical (unpaired) electrons. The fraction of sp³-hybridized carbons (Fsp3) is 0.467. The Morgan fingerprint density at radius 1 is 1.29 bits per heavy atom. The molecule has 0 heterocycles. The maximum atomic E-state index is 11.7. The van der Waals surface area contributed by atoms with E-state index in [0.717, 1.165) is 18.4 Å². The number of benzene rings is 1. The summed E-state index contributed by atoms with van der Waals surface area (Å²) >= 11 is 6.07. The number of imide groups is 1. The van der Waals surface area contributed by atoms with Crippen LogP contribution in [0.25, 0.3) is 0 Å². The summed E-state index contributed by atoms with van der Waals surface area (Å²) in [5.74, 6) is -0.335. The summed E-state index contributed by atoms with van der Waals surface area (Å²) in [6, 6.07) is 7.04. The number of carbonyl (C=O) groups excluding carboxylic acids is 2. The van der Waals surface area contributed by atoms with Crippen molar-refractivity contribution in [1.29, 1.82) is 0 Å². The molecule has 0 aliphatic carbocycles. The van der Waals surface area contributed by atoms with Crippen molar-refractivity contribution in [2.75, 3.05) is 20.1 Å². The van der Waals surface area contributed by atoms with E-state index in [2.05, 4.69) is 10.6 Å². The van der Waals surface area contributed by atoms with E-state index in [4.69, 9.17) is 11.6 Å². The second kappa shape index (κ2) is 9.37. The lowest BCUT2D eigenvalue weighted by molar-refractivity contribution is -0.120. The lowest BCUT2D eigenvalue weighted by atomic mass is 10.2. The molecule has 0 unspecified atom stereocenters. The zero-order valence-electron chi connectivity index (χ0n) is 12.5. The summed E-state index contributed by atoms with van der Waals surface area (Å²) < 4.78 is 0. The minimum Gasteiger partial charge on any atom is -0.338 e. The van der Waals surface area contributed by atoms with Crippen molar-refractivity contribution in [2.45, 2.75) is 26.3 Å². The molecule has 1 aromatic carbocycles. The van der Waals surface area contributed by atoms with E-state index in [1.807, 2.05) is 31.2 Å². The van der Waals surface area contributed by atoms with E-state index in [-0.39, 0.29) is 12.5 Å². The first-order valence-corrected chi connectivity index (χ1v) is 7.40. The van der Waals surface area contributed by atoms with Crippen LogP contribution < -0.4 is 10.6 Å². The molecule has 0 saturated carbocycles. The number of likely N-dealkylation sites (N-methyl/N-ethyl adjacent to an activating group) is 1. The first kappa shape index (κ1) is 17.5. The highest BCUT2D eigenvalue weighted by molar-refractivity contribution is 6.31. The van der Waals surface area contributed by atoms with E-state index in [0.29, 0.717) is 18.1 Å². The molecule has 0 atom stereocenters. The Labute approximate surface area is 130 Å². The molecule has 0 fully saturated rings. The lowest BCUT2D eigenvalue weighted by Gasteiger charge is -2.16. The van der Waals surface area contributed by atoms with E-state index in [9.17, 15) is 9.59 Å². The van der Waals surface area contributed by atoms with Crippen molar-refractivity contribution in [2.24, 2.45) is 0 Å². The average molecular weight is 312 g/mol. The first-order chi connectivity index (χ1) is 10.0. The van der Waals surface area contributed by atoms with E-state index in [1.54, 1.807) is 11.9 Å². The number of unbranched alkanes of at least 4 members (excludes halogenated alkanes) is 1. The van der Waals surface area contributed by atoms with Crippen molar-refractivity contribution < 1.29 is 9.59 Å². The molecule has 1 aromatic rings. The number of hydrogen-bond donors (Lipinski definition) is 2. The second-order valence-electron chi connectivity index (χ2n) is 4.92. The first-order valence-electron chi connectivity index (χ1n) is 7.02. The molecule has 0 saturated heterocycles. The largest absolute Gasteiger partial charge is 0.338 e. The van der Waals surface area contributed by atoms with Crippen molar-refractivity contribution in [3.8, 4) is 0 Å². The van der Waals surface area contributed by atoms with Gasteiger partial charge in [-0.2, -0.15) is 0 Å². The van der Waals surface area contributed by atoms with E-state index < -0.39 is 6.03 Å². The molecule has 116 valence electrons. The van der Waals surface area contributed by atoms with Crippen LogP contribution in [0.15, 0.2) is 24.3 Å². The highest BCUT2D eigenvalue weighted by atomic mass is 35.5. The van der Waals surface area contributed by atoms with Crippen LogP contribution in [0.4, 0.5) is 4.79 Å². The highest BCUT2D eigenvalue weighted by Crippen LogP contribution is 2.16. The van der Waals surface area contributed by atoms with E-state index >= 15 is 0 Å². The van der Waals surface area contributed by atoms with Crippen molar-refractivity contribution >= 4 is 23.5 Å². The summed E-state index contributed by atoms with van der Waals surface area (Å²) in [4.78, 5) is 25.0. The van der Waals surface area contributed by atoms with Gasteiger partial charge in [0.15, 0.2) is 0 Å². The third-order valence-electron chi connectivity index (χ3n) is 2.88. The number of halogens is 1. The number of carbonyl (C=O) groups is 2. The Bertz CT molecular complexity index is 480. The minimum atomic E-state index is -0.445. The zero-order chi connectivity index (χ0) is 15.7. The van der Waals surface area contributed by atoms with Gasteiger partial charge in [0.2, 0.25) is 5.91 Å². The molecule has 5 nitrogen and oxygen atoms in total.